The normalized spacial score (nSPS) is 20.8. The molecule has 1 N–H and O–H groups in total. The Hall–Kier alpha value is -2.69. The third kappa shape index (κ3) is 3.30. The fourth-order valence-electron chi connectivity index (χ4n) is 3.19. The highest BCUT2D eigenvalue weighted by Crippen LogP contribution is 2.36. The summed E-state index contributed by atoms with van der Waals surface area (Å²) in [5, 5.41) is 2.83. The van der Waals surface area contributed by atoms with E-state index in [2.05, 4.69) is 5.32 Å². The molecule has 0 bridgehead atoms. The van der Waals surface area contributed by atoms with E-state index in [9.17, 15) is 14.0 Å². The maximum atomic E-state index is 13.0. The minimum absolute atomic E-state index is 0.0367. The minimum atomic E-state index is -0.349. The van der Waals surface area contributed by atoms with Gasteiger partial charge in [0.1, 0.15) is 5.82 Å². The van der Waals surface area contributed by atoms with Crippen molar-refractivity contribution >= 4 is 17.5 Å². The van der Waals surface area contributed by atoms with Gasteiger partial charge in [0.25, 0.3) is 0 Å². The van der Waals surface area contributed by atoms with Crippen molar-refractivity contribution in [2.75, 3.05) is 12.4 Å². The van der Waals surface area contributed by atoms with Gasteiger partial charge in [0.15, 0.2) is 0 Å². The van der Waals surface area contributed by atoms with Gasteiger partial charge in [0.05, 0.1) is 12.0 Å². The Balaban J connectivity index is 1.84. The van der Waals surface area contributed by atoms with Gasteiger partial charge in [0, 0.05) is 19.2 Å². The van der Waals surface area contributed by atoms with Crippen LogP contribution in [0, 0.1) is 11.7 Å². The van der Waals surface area contributed by atoms with Crippen LogP contribution in [-0.4, -0.2) is 23.8 Å². The van der Waals surface area contributed by atoms with Crippen LogP contribution < -0.4 is 5.32 Å². The highest BCUT2D eigenvalue weighted by atomic mass is 19.1. The number of rotatable bonds is 3. The first kappa shape index (κ1) is 16.2. The monoisotopic (exact) mass is 326 g/mol. The van der Waals surface area contributed by atoms with Crippen LogP contribution in [0.2, 0.25) is 0 Å². The van der Waals surface area contributed by atoms with E-state index in [4.69, 9.17) is 0 Å². The molecule has 3 rings (SSSR count). The lowest BCUT2D eigenvalue weighted by Gasteiger charge is -2.38. The molecule has 24 heavy (non-hydrogen) atoms. The molecule has 1 heterocycles. The number of nitrogens with one attached hydrogen (secondary N) is 1. The predicted octanol–water partition coefficient (Wildman–Crippen LogP) is 3.37. The zero-order valence-corrected chi connectivity index (χ0v) is 13.4. The van der Waals surface area contributed by atoms with E-state index in [1.165, 1.54) is 24.3 Å². The molecule has 2 unspecified atom stereocenters. The molecule has 2 atom stereocenters. The Bertz CT molecular complexity index is 731. The predicted molar refractivity (Wildman–Crippen MR) is 89.7 cm³/mol. The molecule has 4 nitrogen and oxygen atoms in total. The summed E-state index contributed by atoms with van der Waals surface area (Å²) in [5.74, 6) is -0.817. The summed E-state index contributed by atoms with van der Waals surface area (Å²) < 4.78 is 13.0. The molecule has 124 valence electrons. The van der Waals surface area contributed by atoms with Gasteiger partial charge in [0.2, 0.25) is 11.8 Å². The largest absolute Gasteiger partial charge is 0.338 e. The Labute approximate surface area is 140 Å². The van der Waals surface area contributed by atoms with E-state index in [0.29, 0.717) is 18.5 Å². The molecule has 0 aliphatic carbocycles. The number of anilines is 1. The first-order valence-electron chi connectivity index (χ1n) is 7.93. The molecule has 2 aromatic rings. The van der Waals surface area contributed by atoms with E-state index >= 15 is 0 Å². The fraction of sp³-hybridized carbons (Fsp3) is 0.263. The van der Waals surface area contributed by atoms with Gasteiger partial charge >= 0.3 is 0 Å². The van der Waals surface area contributed by atoms with Gasteiger partial charge in [-0.25, -0.2) is 4.39 Å². The fourth-order valence-corrected chi connectivity index (χ4v) is 3.19. The summed E-state index contributed by atoms with van der Waals surface area (Å²) in [7, 11) is 1.73. The number of amides is 2. The van der Waals surface area contributed by atoms with Crippen LogP contribution in [0.3, 0.4) is 0 Å². The third-order valence-corrected chi connectivity index (χ3v) is 4.45. The Morgan fingerprint density at radius 1 is 1.12 bits per heavy atom. The lowest BCUT2D eigenvalue weighted by Crippen LogP contribution is -2.44. The highest BCUT2D eigenvalue weighted by Gasteiger charge is 2.38. The second kappa shape index (κ2) is 6.83. The van der Waals surface area contributed by atoms with Crippen molar-refractivity contribution in [3.63, 3.8) is 0 Å². The van der Waals surface area contributed by atoms with Crippen LogP contribution in [0.4, 0.5) is 10.1 Å². The lowest BCUT2D eigenvalue weighted by molar-refractivity contribution is -0.140. The molecule has 0 saturated carbocycles. The summed E-state index contributed by atoms with van der Waals surface area (Å²) in [4.78, 5) is 26.5. The summed E-state index contributed by atoms with van der Waals surface area (Å²) in [6.45, 7) is 0. The molecular formula is C19H19FN2O2. The second-order valence-corrected chi connectivity index (χ2v) is 6.00. The molecule has 1 aliphatic heterocycles. The number of hydrogen-bond acceptors (Lipinski definition) is 2. The molecule has 1 fully saturated rings. The smallest absolute Gasteiger partial charge is 0.229 e. The lowest BCUT2D eigenvalue weighted by atomic mass is 9.84. The summed E-state index contributed by atoms with van der Waals surface area (Å²) in [6, 6.07) is 14.9. The number of nitrogens with zero attached hydrogens (tertiary/aromatic N) is 1. The summed E-state index contributed by atoms with van der Waals surface area (Å²) >= 11 is 0. The van der Waals surface area contributed by atoms with Crippen molar-refractivity contribution in [1.82, 2.24) is 4.90 Å². The van der Waals surface area contributed by atoms with Gasteiger partial charge in [-0.1, -0.05) is 30.3 Å². The van der Waals surface area contributed by atoms with Crippen molar-refractivity contribution in [3.8, 4) is 0 Å². The summed E-state index contributed by atoms with van der Waals surface area (Å²) in [6.07, 6.45) is 0.844. The van der Waals surface area contributed by atoms with Crippen LogP contribution >= 0.6 is 0 Å². The average molecular weight is 326 g/mol. The first-order valence-corrected chi connectivity index (χ1v) is 7.93. The minimum Gasteiger partial charge on any atom is -0.338 e. The van der Waals surface area contributed by atoms with Crippen LogP contribution in [0.1, 0.15) is 24.4 Å². The molecule has 1 saturated heterocycles. The number of halogens is 1. The Kier molecular flexibility index (Phi) is 4.60. The summed E-state index contributed by atoms with van der Waals surface area (Å²) in [5.41, 5.74) is 1.49. The van der Waals surface area contributed by atoms with Gasteiger partial charge < -0.3 is 10.2 Å². The van der Waals surface area contributed by atoms with E-state index in [-0.39, 0.29) is 29.6 Å². The highest BCUT2D eigenvalue weighted by molar-refractivity contribution is 5.94. The Morgan fingerprint density at radius 3 is 2.46 bits per heavy atom. The number of carbonyl (C=O) groups excluding carboxylic acids is 2. The van der Waals surface area contributed by atoms with Crippen molar-refractivity contribution in [3.05, 3.63) is 66.0 Å². The van der Waals surface area contributed by atoms with E-state index in [0.717, 1.165) is 5.56 Å². The van der Waals surface area contributed by atoms with Gasteiger partial charge in [-0.3, -0.25) is 9.59 Å². The molecule has 2 aromatic carbocycles. The van der Waals surface area contributed by atoms with E-state index in [1.807, 2.05) is 30.3 Å². The van der Waals surface area contributed by atoms with Crippen molar-refractivity contribution in [2.45, 2.75) is 18.9 Å². The van der Waals surface area contributed by atoms with Gasteiger partial charge in [-0.15, -0.1) is 0 Å². The van der Waals surface area contributed by atoms with E-state index < -0.39 is 0 Å². The van der Waals surface area contributed by atoms with E-state index in [1.54, 1.807) is 11.9 Å². The second-order valence-electron chi connectivity index (χ2n) is 6.00. The molecule has 1 aliphatic rings. The molecule has 0 spiro atoms. The maximum Gasteiger partial charge on any atom is 0.229 e. The number of carbonyl (C=O) groups is 2. The van der Waals surface area contributed by atoms with Crippen molar-refractivity contribution in [1.29, 1.82) is 0 Å². The van der Waals surface area contributed by atoms with Crippen molar-refractivity contribution < 1.29 is 14.0 Å². The number of hydrogen-bond donors (Lipinski definition) is 1. The first-order chi connectivity index (χ1) is 11.6. The molecular weight excluding hydrogens is 307 g/mol. The third-order valence-electron chi connectivity index (χ3n) is 4.45. The maximum absolute atomic E-state index is 13.0. The van der Waals surface area contributed by atoms with Crippen molar-refractivity contribution in [2.24, 2.45) is 5.92 Å². The molecule has 5 heteroatoms. The van der Waals surface area contributed by atoms with Crippen LogP contribution in [0.25, 0.3) is 0 Å². The van der Waals surface area contributed by atoms with Crippen LogP contribution in [0.15, 0.2) is 54.6 Å². The van der Waals surface area contributed by atoms with Crippen LogP contribution in [0.5, 0.6) is 0 Å². The van der Waals surface area contributed by atoms with Gasteiger partial charge in [-0.05, 0) is 36.2 Å². The molecule has 0 radical (unpaired) electrons. The number of likely N-dealkylation sites (tertiary alicyclic amines) is 1. The zero-order valence-electron chi connectivity index (χ0n) is 13.4. The topological polar surface area (TPSA) is 49.4 Å². The van der Waals surface area contributed by atoms with Gasteiger partial charge in [-0.2, -0.15) is 0 Å². The Morgan fingerprint density at radius 2 is 1.79 bits per heavy atom. The van der Waals surface area contributed by atoms with Crippen LogP contribution in [-0.2, 0) is 9.59 Å². The average Bonchev–Trinajstić information content (AvgIpc) is 2.60. The quantitative estimate of drug-likeness (QED) is 0.940. The standard InChI is InChI=1S/C19H19FN2O2/c1-22-17(23)12-11-16(18(22)13-5-3-2-4-6-13)19(24)21-15-9-7-14(20)8-10-15/h2-10,16,18H,11-12H2,1H3,(H,21,24). The zero-order chi connectivity index (χ0) is 17.1. The molecule has 0 aromatic heterocycles. The SMILES string of the molecule is CN1C(=O)CCC(C(=O)Nc2ccc(F)cc2)C1c1ccccc1. The number of benzene rings is 2. The molecule has 2 amide bonds. The number of piperidine rings is 1.